The molecule has 1 amide bonds. The Bertz CT molecular complexity index is 458. The van der Waals surface area contributed by atoms with Gasteiger partial charge in [0.25, 0.3) is 0 Å². The second-order valence-electron chi connectivity index (χ2n) is 6.43. The van der Waals surface area contributed by atoms with Gasteiger partial charge in [0.05, 0.1) is 12.2 Å². The summed E-state index contributed by atoms with van der Waals surface area (Å²) < 4.78 is 0. The molecule has 0 bridgehead atoms. The van der Waals surface area contributed by atoms with Crippen molar-refractivity contribution in [1.29, 1.82) is 0 Å². The summed E-state index contributed by atoms with van der Waals surface area (Å²) in [6, 6.07) is 10.1. The summed E-state index contributed by atoms with van der Waals surface area (Å²) in [7, 11) is 4.08. The molecule has 4 nitrogen and oxygen atoms in total. The highest BCUT2D eigenvalue weighted by atomic mass is 16.2. The molecule has 0 spiro atoms. The van der Waals surface area contributed by atoms with Crippen LogP contribution in [0.2, 0.25) is 0 Å². The summed E-state index contributed by atoms with van der Waals surface area (Å²) in [5.74, 6) is 0.649. The lowest BCUT2D eigenvalue weighted by molar-refractivity contribution is -0.130. The average molecular weight is 289 g/mol. The lowest BCUT2D eigenvalue weighted by Crippen LogP contribution is -2.44. The van der Waals surface area contributed by atoms with Gasteiger partial charge in [-0.2, -0.15) is 0 Å². The standard InChI is InChI=1S/C17H27N3O/c1-13(2)16-18-15(12-14-8-6-5-7-9-14)17(21)20(16)11-10-19(3)4/h5-9,13,15-16,18H,10-12H2,1-4H3. The Morgan fingerprint density at radius 2 is 1.90 bits per heavy atom. The van der Waals surface area contributed by atoms with Gasteiger partial charge in [0, 0.05) is 13.1 Å². The molecule has 116 valence electrons. The molecule has 1 aliphatic rings. The van der Waals surface area contributed by atoms with Crippen molar-refractivity contribution in [2.24, 2.45) is 5.92 Å². The molecule has 1 aromatic rings. The Labute approximate surface area is 128 Å². The molecule has 2 rings (SSSR count). The first kappa shape index (κ1) is 16.0. The number of carbonyl (C=O) groups is 1. The summed E-state index contributed by atoms with van der Waals surface area (Å²) in [5.41, 5.74) is 1.21. The number of carbonyl (C=O) groups excluding carboxylic acids is 1. The van der Waals surface area contributed by atoms with Crippen molar-refractivity contribution in [2.45, 2.75) is 32.5 Å². The Balaban J connectivity index is 2.06. The largest absolute Gasteiger partial charge is 0.324 e. The molecule has 21 heavy (non-hydrogen) atoms. The van der Waals surface area contributed by atoms with E-state index in [0.29, 0.717) is 5.92 Å². The second-order valence-corrected chi connectivity index (χ2v) is 6.43. The zero-order valence-electron chi connectivity index (χ0n) is 13.5. The van der Waals surface area contributed by atoms with Crippen LogP contribution in [-0.4, -0.2) is 55.1 Å². The van der Waals surface area contributed by atoms with E-state index in [1.54, 1.807) is 0 Å². The van der Waals surface area contributed by atoms with Crippen molar-refractivity contribution < 1.29 is 4.79 Å². The van der Waals surface area contributed by atoms with Gasteiger partial charge in [-0.05, 0) is 32.0 Å². The molecular weight excluding hydrogens is 262 g/mol. The third-order valence-corrected chi connectivity index (χ3v) is 3.99. The second kappa shape index (κ2) is 7.05. The number of rotatable bonds is 6. The Kier molecular flexibility index (Phi) is 5.37. The zero-order valence-corrected chi connectivity index (χ0v) is 13.5. The molecule has 1 saturated heterocycles. The molecule has 1 heterocycles. The van der Waals surface area contributed by atoms with E-state index in [0.717, 1.165) is 19.5 Å². The first-order valence-electron chi connectivity index (χ1n) is 7.74. The number of nitrogens with one attached hydrogen (secondary N) is 1. The van der Waals surface area contributed by atoms with Gasteiger partial charge in [-0.1, -0.05) is 44.2 Å². The van der Waals surface area contributed by atoms with Crippen molar-refractivity contribution in [3.8, 4) is 0 Å². The van der Waals surface area contributed by atoms with Gasteiger partial charge < -0.3 is 9.80 Å². The highest BCUT2D eigenvalue weighted by molar-refractivity contribution is 5.84. The smallest absolute Gasteiger partial charge is 0.241 e. The zero-order chi connectivity index (χ0) is 15.4. The van der Waals surface area contributed by atoms with Crippen LogP contribution in [0.1, 0.15) is 19.4 Å². The molecule has 1 fully saturated rings. The predicted octanol–water partition coefficient (Wildman–Crippen LogP) is 1.57. The normalized spacial score (nSPS) is 22.6. The third kappa shape index (κ3) is 4.05. The summed E-state index contributed by atoms with van der Waals surface area (Å²) in [5, 5.41) is 3.52. The number of nitrogens with zero attached hydrogens (tertiary/aromatic N) is 2. The summed E-state index contributed by atoms with van der Waals surface area (Å²) in [6.07, 6.45) is 0.910. The van der Waals surface area contributed by atoms with E-state index in [9.17, 15) is 4.79 Å². The average Bonchev–Trinajstić information content (AvgIpc) is 2.75. The monoisotopic (exact) mass is 289 g/mol. The van der Waals surface area contributed by atoms with Gasteiger partial charge >= 0.3 is 0 Å². The number of benzene rings is 1. The van der Waals surface area contributed by atoms with Crippen LogP contribution in [0.15, 0.2) is 30.3 Å². The summed E-state index contributed by atoms with van der Waals surface area (Å²) in [4.78, 5) is 16.8. The van der Waals surface area contributed by atoms with Crippen LogP contribution in [0.4, 0.5) is 0 Å². The molecule has 1 N–H and O–H groups in total. The van der Waals surface area contributed by atoms with E-state index in [1.165, 1.54) is 5.56 Å². The van der Waals surface area contributed by atoms with Crippen molar-refractivity contribution in [2.75, 3.05) is 27.2 Å². The highest BCUT2D eigenvalue weighted by Crippen LogP contribution is 2.19. The van der Waals surface area contributed by atoms with Crippen molar-refractivity contribution in [1.82, 2.24) is 15.1 Å². The fourth-order valence-corrected chi connectivity index (χ4v) is 2.81. The van der Waals surface area contributed by atoms with Crippen LogP contribution >= 0.6 is 0 Å². The summed E-state index contributed by atoms with van der Waals surface area (Å²) >= 11 is 0. The van der Waals surface area contributed by atoms with Crippen molar-refractivity contribution in [3.05, 3.63) is 35.9 Å². The number of amides is 1. The number of hydrogen-bond acceptors (Lipinski definition) is 3. The maximum absolute atomic E-state index is 12.7. The van der Waals surface area contributed by atoms with Crippen LogP contribution in [0.5, 0.6) is 0 Å². The van der Waals surface area contributed by atoms with Gasteiger partial charge in [-0.15, -0.1) is 0 Å². The summed E-state index contributed by atoms with van der Waals surface area (Å²) in [6.45, 7) is 6.01. The van der Waals surface area contributed by atoms with Crippen molar-refractivity contribution in [3.63, 3.8) is 0 Å². The van der Waals surface area contributed by atoms with E-state index in [-0.39, 0.29) is 18.1 Å². The predicted molar refractivity (Wildman–Crippen MR) is 86.0 cm³/mol. The molecule has 0 saturated carbocycles. The van der Waals surface area contributed by atoms with Crippen LogP contribution in [0, 0.1) is 5.92 Å². The number of hydrogen-bond donors (Lipinski definition) is 1. The Hall–Kier alpha value is -1.39. The van der Waals surface area contributed by atoms with Gasteiger partial charge in [0.1, 0.15) is 0 Å². The fraction of sp³-hybridized carbons (Fsp3) is 0.588. The highest BCUT2D eigenvalue weighted by Gasteiger charge is 2.39. The topological polar surface area (TPSA) is 35.6 Å². The Morgan fingerprint density at radius 1 is 1.24 bits per heavy atom. The van der Waals surface area contributed by atoms with Gasteiger partial charge in [-0.3, -0.25) is 10.1 Å². The van der Waals surface area contributed by atoms with E-state index in [2.05, 4.69) is 36.2 Å². The fourth-order valence-electron chi connectivity index (χ4n) is 2.81. The molecule has 2 atom stereocenters. The van der Waals surface area contributed by atoms with Gasteiger partial charge in [0.15, 0.2) is 0 Å². The molecule has 4 heteroatoms. The number of likely N-dealkylation sites (N-methyl/N-ethyl adjacent to an activating group) is 1. The minimum absolute atomic E-state index is 0.0954. The van der Waals surface area contributed by atoms with Crippen LogP contribution < -0.4 is 5.32 Å². The molecule has 1 aromatic carbocycles. The molecule has 0 aliphatic carbocycles. The van der Waals surface area contributed by atoms with Gasteiger partial charge in [-0.25, -0.2) is 0 Å². The van der Waals surface area contributed by atoms with Gasteiger partial charge in [0.2, 0.25) is 5.91 Å². The van der Waals surface area contributed by atoms with E-state index >= 15 is 0 Å². The third-order valence-electron chi connectivity index (χ3n) is 3.99. The minimum atomic E-state index is -0.0954. The lowest BCUT2D eigenvalue weighted by atomic mass is 10.1. The van der Waals surface area contributed by atoms with Crippen LogP contribution in [0.3, 0.4) is 0 Å². The Morgan fingerprint density at radius 3 is 2.48 bits per heavy atom. The molecule has 1 aliphatic heterocycles. The SMILES string of the molecule is CC(C)C1NC(Cc2ccccc2)C(=O)N1CCN(C)C. The van der Waals surface area contributed by atoms with E-state index in [4.69, 9.17) is 0 Å². The molecule has 0 aromatic heterocycles. The van der Waals surface area contributed by atoms with Crippen LogP contribution in [0.25, 0.3) is 0 Å². The molecule has 0 radical (unpaired) electrons. The molecular formula is C17H27N3O. The quantitative estimate of drug-likeness (QED) is 0.863. The first-order chi connectivity index (χ1) is 9.99. The van der Waals surface area contributed by atoms with Crippen molar-refractivity contribution >= 4 is 5.91 Å². The van der Waals surface area contributed by atoms with E-state index < -0.39 is 0 Å². The lowest BCUT2D eigenvalue weighted by Gasteiger charge is -2.28. The minimum Gasteiger partial charge on any atom is -0.324 e. The maximum atomic E-state index is 12.7. The first-order valence-corrected chi connectivity index (χ1v) is 7.74. The maximum Gasteiger partial charge on any atom is 0.241 e. The van der Waals surface area contributed by atoms with Crippen LogP contribution in [-0.2, 0) is 11.2 Å². The molecule has 2 unspecified atom stereocenters. The van der Waals surface area contributed by atoms with E-state index in [1.807, 2.05) is 37.2 Å².